The Bertz CT molecular complexity index is 801. The summed E-state index contributed by atoms with van der Waals surface area (Å²) >= 11 is 1.28. The Morgan fingerprint density at radius 3 is 2.52 bits per heavy atom. The normalized spacial score (nSPS) is 10.8. The molecule has 23 heavy (non-hydrogen) atoms. The maximum atomic E-state index is 11.3. The van der Waals surface area contributed by atoms with Crippen molar-refractivity contribution >= 4 is 17.7 Å². The molecule has 0 spiro atoms. The molecule has 2 aromatic rings. The molecule has 0 aliphatic rings. The summed E-state index contributed by atoms with van der Waals surface area (Å²) in [6.07, 6.45) is 3.33. The van der Waals surface area contributed by atoms with Crippen molar-refractivity contribution in [1.82, 2.24) is 4.98 Å². The molecule has 1 aromatic heterocycles. The van der Waals surface area contributed by atoms with Crippen molar-refractivity contribution in [3.8, 4) is 11.8 Å². The van der Waals surface area contributed by atoms with Gasteiger partial charge in [0.2, 0.25) is 0 Å². The number of carboxylic acids is 1. The number of thioether (sulfide) groups is 1. The standard InChI is InChI=1S/C19H19NO2S/c1-13-5-6-15(14(2)11-13)7-8-16-12-20-10-9-17(16)23-19(3,4)18(21)22/h5-6,9-12H,1-4H3,(H,21,22). The van der Waals surface area contributed by atoms with Gasteiger partial charge in [-0.25, -0.2) is 0 Å². The first kappa shape index (κ1) is 17.1. The fourth-order valence-electron chi connectivity index (χ4n) is 1.97. The molecule has 0 bridgehead atoms. The Balaban J connectivity index is 2.35. The molecule has 0 unspecified atom stereocenters. The van der Waals surface area contributed by atoms with E-state index in [4.69, 9.17) is 0 Å². The van der Waals surface area contributed by atoms with Crippen LogP contribution in [-0.2, 0) is 4.79 Å². The number of aliphatic carboxylic acids is 1. The molecule has 0 fully saturated rings. The lowest BCUT2D eigenvalue weighted by Crippen LogP contribution is -2.27. The summed E-state index contributed by atoms with van der Waals surface area (Å²) < 4.78 is -0.919. The van der Waals surface area contributed by atoms with Crippen LogP contribution in [0.25, 0.3) is 0 Å². The summed E-state index contributed by atoms with van der Waals surface area (Å²) in [5.41, 5.74) is 4.04. The van der Waals surface area contributed by atoms with Crippen molar-refractivity contribution in [1.29, 1.82) is 0 Å². The molecule has 1 heterocycles. The van der Waals surface area contributed by atoms with E-state index >= 15 is 0 Å². The first-order valence-corrected chi connectivity index (χ1v) is 8.07. The Hall–Kier alpha value is -2.25. The van der Waals surface area contributed by atoms with E-state index in [9.17, 15) is 9.90 Å². The molecular weight excluding hydrogens is 306 g/mol. The molecule has 0 radical (unpaired) electrons. The van der Waals surface area contributed by atoms with Crippen molar-refractivity contribution in [2.45, 2.75) is 37.3 Å². The molecule has 3 nitrogen and oxygen atoms in total. The topological polar surface area (TPSA) is 50.2 Å². The molecule has 1 aromatic carbocycles. The number of carbonyl (C=O) groups is 1. The molecule has 0 saturated heterocycles. The molecule has 0 saturated carbocycles. The van der Waals surface area contributed by atoms with E-state index in [1.165, 1.54) is 17.3 Å². The third-order valence-electron chi connectivity index (χ3n) is 3.37. The van der Waals surface area contributed by atoms with Crippen LogP contribution in [0.4, 0.5) is 0 Å². The van der Waals surface area contributed by atoms with Gasteiger partial charge in [-0.1, -0.05) is 29.5 Å². The fourth-order valence-corrected chi connectivity index (χ4v) is 2.95. The molecule has 0 atom stereocenters. The number of aromatic nitrogens is 1. The van der Waals surface area contributed by atoms with Gasteiger partial charge in [-0.3, -0.25) is 9.78 Å². The zero-order valence-corrected chi connectivity index (χ0v) is 14.5. The number of hydrogen-bond acceptors (Lipinski definition) is 3. The molecule has 2 rings (SSSR count). The van der Waals surface area contributed by atoms with Gasteiger partial charge in [0, 0.05) is 22.9 Å². The van der Waals surface area contributed by atoms with E-state index in [2.05, 4.69) is 22.9 Å². The first-order valence-electron chi connectivity index (χ1n) is 7.25. The zero-order valence-electron chi connectivity index (χ0n) is 13.7. The molecule has 0 aliphatic carbocycles. The van der Waals surface area contributed by atoms with Crippen LogP contribution in [-0.4, -0.2) is 20.8 Å². The van der Waals surface area contributed by atoms with Crippen LogP contribution in [0.5, 0.6) is 0 Å². The largest absolute Gasteiger partial charge is 0.480 e. The zero-order chi connectivity index (χ0) is 17.0. The van der Waals surface area contributed by atoms with Crippen molar-refractivity contribution in [3.05, 3.63) is 58.9 Å². The summed E-state index contributed by atoms with van der Waals surface area (Å²) in [4.78, 5) is 16.2. The number of nitrogens with zero attached hydrogens (tertiary/aromatic N) is 1. The summed E-state index contributed by atoms with van der Waals surface area (Å²) in [6, 6.07) is 7.93. The van der Waals surface area contributed by atoms with Gasteiger partial charge < -0.3 is 5.11 Å². The van der Waals surface area contributed by atoms with Crippen LogP contribution in [0.3, 0.4) is 0 Å². The third-order valence-corrected chi connectivity index (χ3v) is 4.64. The van der Waals surface area contributed by atoms with Crippen LogP contribution < -0.4 is 0 Å². The Morgan fingerprint density at radius 2 is 1.87 bits per heavy atom. The third kappa shape index (κ3) is 4.37. The summed E-state index contributed by atoms with van der Waals surface area (Å²) in [6.45, 7) is 7.45. The van der Waals surface area contributed by atoms with Gasteiger partial charge in [-0.2, -0.15) is 0 Å². The average molecular weight is 325 g/mol. The van der Waals surface area contributed by atoms with Crippen LogP contribution >= 0.6 is 11.8 Å². The van der Waals surface area contributed by atoms with E-state index in [0.717, 1.165) is 21.6 Å². The van der Waals surface area contributed by atoms with Gasteiger partial charge in [0.1, 0.15) is 4.75 Å². The van der Waals surface area contributed by atoms with E-state index in [1.54, 1.807) is 32.3 Å². The highest BCUT2D eigenvalue weighted by atomic mass is 32.2. The van der Waals surface area contributed by atoms with Crippen molar-refractivity contribution in [2.24, 2.45) is 0 Å². The lowest BCUT2D eigenvalue weighted by molar-refractivity contribution is -0.138. The summed E-state index contributed by atoms with van der Waals surface area (Å²) in [7, 11) is 0. The number of carboxylic acid groups (broad SMARTS) is 1. The van der Waals surface area contributed by atoms with E-state index in [-0.39, 0.29) is 0 Å². The summed E-state index contributed by atoms with van der Waals surface area (Å²) in [5, 5.41) is 9.29. The van der Waals surface area contributed by atoms with Crippen LogP contribution in [0.15, 0.2) is 41.6 Å². The SMILES string of the molecule is Cc1ccc(C#Cc2cnccc2SC(C)(C)C(=O)O)c(C)c1. The minimum absolute atomic E-state index is 0.742. The highest BCUT2D eigenvalue weighted by Gasteiger charge is 2.29. The Kier molecular flexibility index (Phi) is 5.12. The highest BCUT2D eigenvalue weighted by Crippen LogP contribution is 2.34. The smallest absolute Gasteiger partial charge is 0.319 e. The minimum Gasteiger partial charge on any atom is -0.480 e. The van der Waals surface area contributed by atoms with Gasteiger partial charge in [-0.05, 0) is 45.4 Å². The predicted octanol–water partition coefficient (Wildman–Crippen LogP) is 4.05. The lowest BCUT2D eigenvalue weighted by atomic mass is 10.1. The van der Waals surface area contributed by atoms with Crippen LogP contribution in [0, 0.1) is 25.7 Å². The monoisotopic (exact) mass is 325 g/mol. The van der Waals surface area contributed by atoms with E-state index in [1.807, 2.05) is 26.0 Å². The molecule has 118 valence electrons. The number of hydrogen-bond donors (Lipinski definition) is 1. The van der Waals surface area contributed by atoms with Crippen molar-refractivity contribution in [3.63, 3.8) is 0 Å². The quantitative estimate of drug-likeness (QED) is 0.683. The van der Waals surface area contributed by atoms with Crippen molar-refractivity contribution < 1.29 is 9.90 Å². The second-order valence-electron chi connectivity index (χ2n) is 5.86. The second-order valence-corrected chi connectivity index (χ2v) is 7.52. The average Bonchev–Trinajstić information content (AvgIpc) is 2.47. The molecule has 1 N–H and O–H groups in total. The van der Waals surface area contributed by atoms with Gasteiger partial charge in [0.25, 0.3) is 0 Å². The lowest BCUT2D eigenvalue weighted by Gasteiger charge is -2.18. The fraction of sp³-hybridized carbons (Fsp3) is 0.263. The molecule has 4 heteroatoms. The first-order chi connectivity index (χ1) is 10.8. The number of aryl methyl sites for hydroxylation is 2. The van der Waals surface area contributed by atoms with Gasteiger partial charge in [-0.15, -0.1) is 11.8 Å². The van der Waals surface area contributed by atoms with Gasteiger partial charge in [0.15, 0.2) is 0 Å². The number of rotatable bonds is 3. The predicted molar refractivity (Wildman–Crippen MR) is 93.7 cm³/mol. The molecular formula is C19H19NO2S. The van der Waals surface area contributed by atoms with Crippen LogP contribution in [0.2, 0.25) is 0 Å². The highest BCUT2D eigenvalue weighted by molar-refractivity contribution is 8.01. The van der Waals surface area contributed by atoms with Crippen molar-refractivity contribution in [2.75, 3.05) is 0 Å². The Labute approximate surface area is 141 Å². The second kappa shape index (κ2) is 6.89. The van der Waals surface area contributed by atoms with Crippen LogP contribution in [0.1, 0.15) is 36.1 Å². The van der Waals surface area contributed by atoms with E-state index < -0.39 is 10.7 Å². The molecule has 0 aliphatic heterocycles. The Morgan fingerprint density at radius 1 is 1.17 bits per heavy atom. The van der Waals surface area contributed by atoms with Gasteiger partial charge in [0.05, 0.1) is 5.56 Å². The maximum Gasteiger partial charge on any atom is 0.319 e. The minimum atomic E-state index is -0.919. The van der Waals surface area contributed by atoms with E-state index in [0.29, 0.717) is 0 Å². The maximum absolute atomic E-state index is 11.3. The van der Waals surface area contributed by atoms with Gasteiger partial charge >= 0.3 is 5.97 Å². The number of benzene rings is 1. The number of pyridine rings is 1. The summed E-state index contributed by atoms with van der Waals surface area (Å²) in [5.74, 6) is 5.43. The molecule has 0 amide bonds.